The van der Waals surface area contributed by atoms with E-state index in [-0.39, 0.29) is 0 Å². The molecule has 15 heavy (non-hydrogen) atoms. The van der Waals surface area contributed by atoms with Crippen LogP contribution in [0.3, 0.4) is 0 Å². The minimum atomic E-state index is 0.615. The van der Waals surface area contributed by atoms with Crippen LogP contribution in [0.4, 0.5) is 0 Å². The molecule has 0 saturated carbocycles. The Kier molecular flexibility index (Phi) is 5.26. The van der Waals surface area contributed by atoms with Crippen molar-refractivity contribution >= 4 is 11.3 Å². The van der Waals surface area contributed by atoms with Gasteiger partial charge in [-0.25, -0.2) is 4.98 Å². The molecule has 1 rings (SSSR count). The quantitative estimate of drug-likeness (QED) is 0.806. The van der Waals surface area contributed by atoms with Gasteiger partial charge in [-0.15, -0.1) is 11.3 Å². The van der Waals surface area contributed by atoms with E-state index < -0.39 is 0 Å². The molecule has 0 spiro atoms. The summed E-state index contributed by atoms with van der Waals surface area (Å²) < 4.78 is 0. The topological polar surface area (TPSA) is 24.9 Å². The van der Waals surface area contributed by atoms with E-state index >= 15 is 0 Å². The van der Waals surface area contributed by atoms with Crippen molar-refractivity contribution in [2.75, 3.05) is 6.54 Å². The Morgan fingerprint density at radius 2 is 2.20 bits per heavy atom. The smallest absolute Gasteiger partial charge is 0.0896 e. The Balaban J connectivity index is 2.21. The van der Waals surface area contributed by atoms with Gasteiger partial charge in [-0.3, -0.25) is 0 Å². The highest BCUT2D eigenvalue weighted by molar-refractivity contribution is 7.11. The first-order valence-electron chi connectivity index (χ1n) is 5.78. The second-order valence-corrected chi connectivity index (χ2v) is 5.54. The fourth-order valence-electron chi connectivity index (χ4n) is 1.50. The molecule has 3 heteroatoms. The number of aryl methyl sites for hydroxylation is 1. The van der Waals surface area contributed by atoms with Crippen LogP contribution in [-0.4, -0.2) is 17.6 Å². The summed E-state index contributed by atoms with van der Waals surface area (Å²) in [4.78, 5) is 5.64. The number of nitrogens with one attached hydrogen (secondary N) is 1. The van der Waals surface area contributed by atoms with E-state index in [0.717, 1.165) is 18.9 Å². The normalized spacial score (nSPS) is 15.2. The molecule has 2 unspecified atom stereocenters. The summed E-state index contributed by atoms with van der Waals surface area (Å²) in [6.07, 6.45) is 4.34. The highest BCUT2D eigenvalue weighted by atomic mass is 32.1. The van der Waals surface area contributed by atoms with Crippen molar-refractivity contribution in [2.45, 2.75) is 46.6 Å². The minimum absolute atomic E-state index is 0.615. The molecule has 1 N–H and O–H groups in total. The maximum Gasteiger partial charge on any atom is 0.0896 e. The minimum Gasteiger partial charge on any atom is -0.314 e. The van der Waals surface area contributed by atoms with E-state index in [1.54, 1.807) is 11.3 Å². The van der Waals surface area contributed by atoms with Crippen LogP contribution in [0.25, 0.3) is 0 Å². The van der Waals surface area contributed by atoms with Crippen molar-refractivity contribution < 1.29 is 0 Å². The summed E-state index contributed by atoms with van der Waals surface area (Å²) in [6, 6.07) is 0.615. The molecular formula is C12H22N2S. The van der Waals surface area contributed by atoms with Gasteiger partial charge in [0.25, 0.3) is 0 Å². The lowest BCUT2D eigenvalue weighted by Gasteiger charge is -2.19. The molecule has 0 saturated heterocycles. The molecular weight excluding hydrogens is 204 g/mol. The zero-order valence-corrected chi connectivity index (χ0v) is 11.0. The Morgan fingerprint density at radius 3 is 2.73 bits per heavy atom. The molecule has 0 radical (unpaired) electrons. The van der Waals surface area contributed by atoms with E-state index in [2.05, 4.69) is 38.0 Å². The third-order valence-electron chi connectivity index (χ3n) is 3.00. The van der Waals surface area contributed by atoms with Gasteiger partial charge >= 0.3 is 0 Å². The van der Waals surface area contributed by atoms with Crippen molar-refractivity contribution in [3.63, 3.8) is 0 Å². The number of rotatable bonds is 6. The predicted octanol–water partition coefficient (Wildman–Crippen LogP) is 3.02. The number of thiazole rings is 1. The molecule has 0 amide bonds. The van der Waals surface area contributed by atoms with E-state index in [4.69, 9.17) is 0 Å². The van der Waals surface area contributed by atoms with Gasteiger partial charge in [0.05, 0.1) is 5.01 Å². The van der Waals surface area contributed by atoms with E-state index in [9.17, 15) is 0 Å². The third kappa shape index (κ3) is 4.31. The Labute approximate surface area is 97.1 Å². The van der Waals surface area contributed by atoms with Crippen molar-refractivity contribution in [1.29, 1.82) is 0 Å². The van der Waals surface area contributed by atoms with E-state index in [1.165, 1.54) is 16.3 Å². The van der Waals surface area contributed by atoms with Crippen LogP contribution in [0.5, 0.6) is 0 Å². The number of hydrogen-bond donors (Lipinski definition) is 1. The van der Waals surface area contributed by atoms with Crippen LogP contribution in [0.15, 0.2) is 6.20 Å². The first kappa shape index (κ1) is 12.7. The van der Waals surface area contributed by atoms with E-state index in [0.29, 0.717) is 6.04 Å². The third-order valence-corrected chi connectivity index (χ3v) is 3.98. The first-order valence-corrected chi connectivity index (χ1v) is 6.59. The molecule has 1 heterocycles. The highest BCUT2D eigenvalue weighted by Crippen LogP contribution is 2.12. The summed E-state index contributed by atoms with van der Waals surface area (Å²) in [7, 11) is 0. The molecule has 0 aliphatic heterocycles. The summed E-state index contributed by atoms with van der Waals surface area (Å²) in [5, 5.41) is 4.74. The summed E-state index contributed by atoms with van der Waals surface area (Å²) in [5.41, 5.74) is 0. The Hall–Kier alpha value is -0.410. The van der Waals surface area contributed by atoms with Crippen molar-refractivity contribution in [2.24, 2.45) is 5.92 Å². The first-order chi connectivity index (χ1) is 7.13. The number of aromatic nitrogens is 1. The van der Waals surface area contributed by atoms with Crippen LogP contribution in [0.2, 0.25) is 0 Å². The average Bonchev–Trinajstić information content (AvgIpc) is 2.63. The lowest BCUT2D eigenvalue weighted by molar-refractivity contribution is 0.393. The molecule has 0 bridgehead atoms. The maximum atomic E-state index is 4.26. The van der Waals surface area contributed by atoms with Crippen LogP contribution >= 0.6 is 11.3 Å². The largest absolute Gasteiger partial charge is 0.314 e. The maximum absolute atomic E-state index is 4.26. The zero-order chi connectivity index (χ0) is 11.3. The molecule has 2 nitrogen and oxygen atoms in total. The van der Waals surface area contributed by atoms with Crippen molar-refractivity contribution in [3.8, 4) is 0 Å². The van der Waals surface area contributed by atoms with Crippen LogP contribution < -0.4 is 5.32 Å². The van der Waals surface area contributed by atoms with Crippen molar-refractivity contribution in [3.05, 3.63) is 16.1 Å². The zero-order valence-electron chi connectivity index (χ0n) is 10.2. The summed E-state index contributed by atoms with van der Waals surface area (Å²) in [5.74, 6) is 0.758. The molecule has 0 fully saturated rings. The van der Waals surface area contributed by atoms with Crippen molar-refractivity contribution in [1.82, 2.24) is 10.3 Å². The second kappa shape index (κ2) is 6.23. The average molecular weight is 226 g/mol. The summed E-state index contributed by atoms with van der Waals surface area (Å²) >= 11 is 1.80. The van der Waals surface area contributed by atoms with Gasteiger partial charge in [0, 0.05) is 23.7 Å². The highest BCUT2D eigenvalue weighted by Gasteiger charge is 2.08. The summed E-state index contributed by atoms with van der Waals surface area (Å²) in [6.45, 7) is 9.94. The lowest BCUT2D eigenvalue weighted by Crippen LogP contribution is -2.33. The Morgan fingerprint density at radius 1 is 1.47 bits per heavy atom. The standard InChI is InChI=1S/C12H22N2S/c1-5-9(2)10(3)13-7-6-12-8-14-11(4)15-12/h8-10,13H,5-7H2,1-4H3. The van der Waals surface area contributed by atoms with Crippen LogP contribution in [-0.2, 0) is 6.42 Å². The lowest BCUT2D eigenvalue weighted by atomic mass is 10.0. The van der Waals surface area contributed by atoms with Gasteiger partial charge < -0.3 is 5.32 Å². The Bertz CT molecular complexity index is 283. The second-order valence-electron chi connectivity index (χ2n) is 4.22. The number of nitrogens with zero attached hydrogens (tertiary/aromatic N) is 1. The fourth-order valence-corrected chi connectivity index (χ4v) is 2.29. The van der Waals surface area contributed by atoms with Gasteiger partial charge in [0.2, 0.25) is 0 Å². The predicted molar refractivity (Wildman–Crippen MR) is 67.5 cm³/mol. The molecule has 0 aromatic carbocycles. The van der Waals surface area contributed by atoms with Gasteiger partial charge in [-0.2, -0.15) is 0 Å². The molecule has 0 aliphatic rings. The molecule has 2 atom stereocenters. The van der Waals surface area contributed by atoms with Crippen LogP contribution in [0, 0.1) is 12.8 Å². The van der Waals surface area contributed by atoms with Gasteiger partial charge in [0.15, 0.2) is 0 Å². The van der Waals surface area contributed by atoms with Gasteiger partial charge in [-0.1, -0.05) is 20.3 Å². The van der Waals surface area contributed by atoms with Crippen LogP contribution in [0.1, 0.15) is 37.1 Å². The monoisotopic (exact) mass is 226 g/mol. The van der Waals surface area contributed by atoms with Gasteiger partial charge in [-0.05, 0) is 26.2 Å². The molecule has 1 aromatic heterocycles. The SMILES string of the molecule is CCC(C)C(C)NCCc1cnc(C)s1. The van der Waals surface area contributed by atoms with E-state index in [1.807, 2.05) is 6.20 Å². The fraction of sp³-hybridized carbons (Fsp3) is 0.750. The molecule has 1 aromatic rings. The number of hydrogen-bond acceptors (Lipinski definition) is 3. The molecule has 86 valence electrons. The molecule has 0 aliphatic carbocycles. The van der Waals surface area contributed by atoms with Gasteiger partial charge in [0.1, 0.15) is 0 Å².